The van der Waals surface area contributed by atoms with Gasteiger partial charge in [-0.3, -0.25) is 4.79 Å². The first-order valence-corrected chi connectivity index (χ1v) is 9.76. The van der Waals surface area contributed by atoms with Crippen molar-refractivity contribution in [1.82, 2.24) is 15.6 Å². The van der Waals surface area contributed by atoms with Crippen LogP contribution in [0.15, 0.2) is 5.38 Å². The van der Waals surface area contributed by atoms with E-state index in [1.54, 1.807) is 11.3 Å². The predicted molar refractivity (Wildman–Crippen MR) is 88.9 cm³/mol. The number of hydrogen-bond acceptors (Lipinski definition) is 5. The molecule has 1 aromatic rings. The molecule has 1 aliphatic heterocycles. The van der Waals surface area contributed by atoms with Gasteiger partial charge in [-0.1, -0.05) is 12.8 Å². The first kappa shape index (κ1) is 15.3. The van der Waals surface area contributed by atoms with E-state index in [0.29, 0.717) is 12.5 Å². The molecule has 0 spiro atoms. The molecule has 116 valence electrons. The van der Waals surface area contributed by atoms with Crippen molar-refractivity contribution >= 4 is 29.0 Å². The van der Waals surface area contributed by atoms with Gasteiger partial charge in [0, 0.05) is 41.6 Å². The monoisotopic (exact) mass is 325 g/mol. The Bertz CT molecular complexity index is 491. The quantitative estimate of drug-likeness (QED) is 0.893. The Kier molecular flexibility index (Phi) is 4.86. The summed E-state index contributed by atoms with van der Waals surface area (Å²) in [7, 11) is 0. The van der Waals surface area contributed by atoms with Gasteiger partial charge in [0.1, 0.15) is 5.01 Å². The summed E-state index contributed by atoms with van der Waals surface area (Å²) >= 11 is 3.62. The average molecular weight is 326 g/mol. The second-order valence-corrected chi connectivity index (χ2v) is 8.07. The SMILES string of the molecule is Cc1csc(C2(NC(=O)CC3CSCCN3)CCCC2)n1. The summed E-state index contributed by atoms with van der Waals surface area (Å²) in [6.45, 7) is 3.03. The van der Waals surface area contributed by atoms with E-state index in [1.807, 2.05) is 18.7 Å². The fourth-order valence-electron chi connectivity index (χ4n) is 3.24. The summed E-state index contributed by atoms with van der Waals surface area (Å²) in [5.41, 5.74) is 0.860. The maximum atomic E-state index is 12.5. The zero-order valence-corrected chi connectivity index (χ0v) is 14.1. The molecule has 0 aromatic carbocycles. The highest BCUT2D eigenvalue weighted by molar-refractivity contribution is 7.99. The van der Waals surface area contributed by atoms with Crippen molar-refractivity contribution in [1.29, 1.82) is 0 Å². The Morgan fingerprint density at radius 1 is 1.52 bits per heavy atom. The molecule has 3 rings (SSSR count). The van der Waals surface area contributed by atoms with E-state index in [-0.39, 0.29) is 11.4 Å². The Morgan fingerprint density at radius 2 is 2.33 bits per heavy atom. The van der Waals surface area contributed by atoms with Crippen molar-refractivity contribution in [3.8, 4) is 0 Å². The first-order valence-electron chi connectivity index (χ1n) is 7.73. The van der Waals surface area contributed by atoms with E-state index in [1.165, 1.54) is 12.8 Å². The normalized spacial score (nSPS) is 24.9. The lowest BCUT2D eigenvalue weighted by atomic mass is 9.97. The van der Waals surface area contributed by atoms with Gasteiger partial charge in [-0.15, -0.1) is 11.3 Å². The number of aryl methyl sites for hydroxylation is 1. The Labute approximate surface area is 134 Å². The third-order valence-corrected chi connectivity index (χ3v) is 6.59. The van der Waals surface area contributed by atoms with Gasteiger partial charge in [0.25, 0.3) is 0 Å². The minimum atomic E-state index is -0.197. The maximum absolute atomic E-state index is 12.5. The van der Waals surface area contributed by atoms with Crippen LogP contribution < -0.4 is 10.6 Å². The average Bonchev–Trinajstić information content (AvgIpc) is 3.10. The van der Waals surface area contributed by atoms with Gasteiger partial charge in [-0.25, -0.2) is 4.98 Å². The fraction of sp³-hybridized carbons (Fsp3) is 0.733. The number of thioether (sulfide) groups is 1. The largest absolute Gasteiger partial charge is 0.344 e. The molecule has 1 unspecified atom stereocenters. The van der Waals surface area contributed by atoms with Gasteiger partial charge in [0.15, 0.2) is 0 Å². The lowest BCUT2D eigenvalue weighted by Gasteiger charge is -2.30. The van der Waals surface area contributed by atoms with Gasteiger partial charge in [-0.2, -0.15) is 11.8 Å². The topological polar surface area (TPSA) is 54.0 Å². The number of nitrogens with zero attached hydrogens (tertiary/aromatic N) is 1. The van der Waals surface area contributed by atoms with Crippen LogP contribution in [-0.4, -0.2) is 35.0 Å². The molecule has 1 aromatic heterocycles. The van der Waals surface area contributed by atoms with Crippen LogP contribution in [0.3, 0.4) is 0 Å². The van der Waals surface area contributed by atoms with E-state index < -0.39 is 0 Å². The van der Waals surface area contributed by atoms with Crippen molar-refractivity contribution in [2.24, 2.45) is 0 Å². The molecule has 2 aliphatic rings. The minimum absolute atomic E-state index is 0.171. The number of carbonyl (C=O) groups is 1. The fourth-order valence-corrected chi connectivity index (χ4v) is 5.20. The van der Waals surface area contributed by atoms with Crippen LogP contribution in [0, 0.1) is 6.92 Å². The van der Waals surface area contributed by atoms with E-state index in [0.717, 1.165) is 41.6 Å². The smallest absolute Gasteiger partial charge is 0.222 e. The molecule has 1 amide bonds. The summed E-state index contributed by atoms with van der Waals surface area (Å²) in [4.78, 5) is 17.1. The van der Waals surface area contributed by atoms with Gasteiger partial charge in [0.05, 0.1) is 5.54 Å². The summed E-state index contributed by atoms with van der Waals surface area (Å²) < 4.78 is 0. The highest BCUT2D eigenvalue weighted by atomic mass is 32.2. The van der Waals surface area contributed by atoms with Crippen molar-refractivity contribution < 1.29 is 4.79 Å². The third kappa shape index (κ3) is 3.60. The number of hydrogen-bond donors (Lipinski definition) is 2. The second-order valence-electron chi connectivity index (χ2n) is 6.06. The van der Waals surface area contributed by atoms with Gasteiger partial charge in [-0.05, 0) is 19.8 Å². The highest BCUT2D eigenvalue weighted by Crippen LogP contribution is 2.40. The summed E-state index contributed by atoms with van der Waals surface area (Å²) in [6, 6.07) is 0.320. The van der Waals surface area contributed by atoms with Crippen LogP contribution in [0.5, 0.6) is 0 Å². The highest BCUT2D eigenvalue weighted by Gasteiger charge is 2.39. The lowest BCUT2D eigenvalue weighted by molar-refractivity contribution is -0.123. The molecular weight excluding hydrogens is 302 g/mol. The number of thiazole rings is 1. The molecule has 6 heteroatoms. The Hall–Kier alpha value is -0.590. The standard InChI is InChI=1S/C15H23N3OS2/c1-11-9-21-14(17-11)15(4-2-3-5-15)18-13(19)8-12-10-20-7-6-16-12/h9,12,16H,2-8,10H2,1H3,(H,18,19). The number of aromatic nitrogens is 1. The molecule has 2 heterocycles. The summed E-state index contributed by atoms with van der Waals surface area (Å²) in [5, 5.41) is 9.94. The number of rotatable bonds is 4. The summed E-state index contributed by atoms with van der Waals surface area (Å²) in [5.74, 6) is 2.36. The molecular formula is C15H23N3OS2. The molecule has 1 saturated heterocycles. The number of amides is 1. The van der Waals surface area contributed by atoms with Gasteiger partial charge < -0.3 is 10.6 Å². The molecule has 1 atom stereocenters. The van der Waals surface area contributed by atoms with E-state index in [4.69, 9.17) is 0 Å². The van der Waals surface area contributed by atoms with E-state index >= 15 is 0 Å². The Morgan fingerprint density at radius 3 is 2.95 bits per heavy atom. The van der Waals surface area contributed by atoms with Crippen molar-refractivity contribution in [2.45, 2.75) is 50.6 Å². The number of carbonyl (C=O) groups excluding carboxylic acids is 1. The predicted octanol–water partition coefficient (Wildman–Crippen LogP) is 2.43. The molecule has 2 N–H and O–H groups in total. The zero-order chi connectivity index (χ0) is 14.7. The molecule has 0 radical (unpaired) electrons. The molecule has 4 nitrogen and oxygen atoms in total. The first-order chi connectivity index (χ1) is 10.2. The van der Waals surface area contributed by atoms with Crippen molar-refractivity contribution in [3.63, 3.8) is 0 Å². The van der Waals surface area contributed by atoms with Crippen LogP contribution >= 0.6 is 23.1 Å². The molecule has 21 heavy (non-hydrogen) atoms. The molecule has 1 aliphatic carbocycles. The Balaban J connectivity index is 1.66. The molecule has 2 fully saturated rings. The van der Waals surface area contributed by atoms with E-state index in [2.05, 4.69) is 21.0 Å². The maximum Gasteiger partial charge on any atom is 0.222 e. The van der Waals surface area contributed by atoms with Crippen LogP contribution in [0.4, 0.5) is 0 Å². The minimum Gasteiger partial charge on any atom is -0.344 e. The third-order valence-electron chi connectivity index (χ3n) is 4.29. The molecule has 0 bridgehead atoms. The van der Waals surface area contributed by atoms with Crippen LogP contribution in [0.2, 0.25) is 0 Å². The van der Waals surface area contributed by atoms with Crippen LogP contribution in [0.25, 0.3) is 0 Å². The van der Waals surface area contributed by atoms with Crippen LogP contribution in [-0.2, 0) is 10.3 Å². The molecule has 1 saturated carbocycles. The van der Waals surface area contributed by atoms with Crippen molar-refractivity contribution in [3.05, 3.63) is 16.1 Å². The zero-order valence-electron chi connectivity index (χ0n) is 12.5. The van der Waals surface area contributed by atoms with Gasteiger partial charge >= 0.3 is 0 Å². The van der Waals surface area contributed by atoms with E-state index in [9.17, 15) is 4.79 Å². The second kappa shape index (κ2) is 6.67. The van der Waals surface area contributed by atoms with Gasteiger partial charge in [0.2, 0.25) is 5.91 Å². The summed E-state index contributed by atoms with van der Waals surface area (Å²) in [6.07, 6.45) is 4.99. The lowest BCUT2D eigenvalue weighted by Crippen LogP contribution is -2.47. The van der Waals surface area contributed by atoms with Crippen molar-refractivity contribution in [2.75, 3.05) is 18.1 Å². The number of nitrogens with one attached hydrogen (secondary N) is 2. The van der Waals surface area contributed by atoms with Crippen LogP contribution in [0.1, 0.15) is 42.8 Å².